The van der Waals surface area contributed by atoms with E-state index in [9.17, 15) is 0 Å². The Morgan fingerprint density at radius 2 is 2.38 bits per heavy atom. The SMILES string of the molecule is Nc1cc[c]cc1S. The van der Waals surface area contributed by atoms with Crippen LogP contribution < -0.4 is 5.73 Å². The fourth-order valence-corrected chi connectivity index (χ4v) is 0.583. The molecule has 1 aromatic rings. The first kappa shape index (κ1) is 5.51. The van der Waals surface area contributed by atoms with Crippen LogP contribution in [0.2, 0.25) is 0 Å². The summed E-state index contributed by atoms with van der Waals surface area (Å²) in [6.07, 6.45) is 0. The molecule has 2 heteroatoms. The molecule has 0 spiro atoms. The lowest BCUT2D eigenvalue weighted by Crippen LogP contribution is -1.83. The summed E-state index contributed by atoms with van der Waals surface area (Å²) < 4.78 is 0. The van der Waals surface area contributed by atoms with Crippen LogP contribution in [0.25, 0.3) is 0 Å². The largest absolute Gasteiger partial charge is 0.398 e. The highest BCUT2D eigenvalue weighted by atomic mass is 32.1. The van der Waals surface area contributed by atoms with E-state index in [0.717, 1.165) is 4.90 Å². The van der Waals surface area contributed by atoms with E-state index >= 15 is 0 Å². The number of hydrogen-bond acceptors (Lipinski definition) is 2. The van der Waals surface area contributed by atoms with Crippen molar-refractivity contribution in [3.05, 3.63) is 24.3 Å². The van der Waals surface area contributed by atoms with Gasteiger partial charge in [0, 0.05) is 10.6 Å². The molecule has 0 atom stereocenters. The van der Waals surface area contributed by atoms with Gasteiger partial charge >= 0.3 is 0 Å². The van der Waals surface area contributed by atoms with Crippen LogP contribution in [-0.2, 0) is 0 Å². The van der Waals surface area contributed by atoms with E-state index in [2.05, 4.69) is 18.7 Å². The second-order valence-corrected chi connectivity index (χ2v) is 1.97. The van der Waals surface area contributed by atoms with E-state index in [-0.39, 0.29) is 0 Å². The quantitative estimate of drug-likeness (QED) is 0.396. The molecule has 0 fully saturated rings. The van der Waals surface area contributed by atoms with Crippen molar-refractivity contribution in [3.8, 4) is 0 Å². The molecule has 2 N–H and O–H groups in total. The Morgan fingerprint density at radius 3 is 2.75 bits per heavy atom. The van der Waals surface area contributed by atoms with Gasteiger partial charge in [-0.25, -0.2) is 0 Å². The fourth-order valence-electron chi connectivity index (χ4n) is 0.434. The third kappa shape index (κ3) is 0.954. The number of nitrogens with two attached hydrogens (primary N) is 1. The Hall–Kier alpha value is -0.630. The number of rotatable bonds is 0. The minimum absolute atomic E-state index is 0.701. The van der Waals surface area contributed by atoms with Crippen molar-refractivity contribution >= 4 is 18.3 Å². The van der Waals surface area contributed by atoms with E-state index in [1.165, 1.54) is 0 Å². The molecule has 0 aromatic heterocycles. The van der Waals surface area contributed by atoms with Crippen LogP contribution in [0.1, 0.15) is 0 Å². The Bertz CT molecular complexity index is 165. The number of hydrogen-bond donors (Lipinski definition) is 2. The van der Waals surface area contributed by atoms with Gasteiger partial charge in [0.1, 0.15) is 0 Å². The molecule has 0 saturated heterocycles. The van der Waals surface area contributed by atoms with Gasteiger partial charge in [0.05, 0.1) is 0 Å². The summed E-state index contributed by atoms with van der Waals surface area (Å²) in [4.78, 5) is 0.785. The van der Waals surface area contributed by atoms with Crippen molar-refractivity contribution in [2.24, 2.45) is 0 Å². The second-order valence-electron chi connectivity index (χ2n) is 1.48. The van der Waals surface area contributed by atoms with E-state index in [1.807, 2.05) is 0 Å². The summed E-state index contributed by atoms with van der Waals surface area (Å²) in [7, 11) is 0. The van der Waals surface area contributed by atoms with Gasteiger partial charge in [0.25, 0.3) is 0 Å². The first-order valence-electron chi connectivity index (χ1n) is 2.25. The lowest BCUT2D eigenvalue weighted by atomic mass is 10.3. The van der Waals surface area contributed by atoms with Crippen molar-refractivity contribution in [1.82, 2.24) is 0 Å². The summed E-state index contributed by atoms with van der Waals surface area (Å²) in [6, 6.07) is 8.10. The van der Waals surface area contributed by atoms with Crippen LogP contribution in [0.5, 0.6) is 0 Å². The van der Waals surface area contributed by atoms with Crippen LogP contribution in [0.3, 0.4) is 0 Å². The third-order valence-electron chi connectivity index (χ3n) is 0.875. The Kier molecular flexibility index (Phi) is 1.44. The predicted octanol–water partition coefficient (Wildman–Crippen LogP) is 1.36. The summed E-state index contributed by atoms with van der Waals surface area (Å²) in [5.41, 5.74) is 6.12. The van der Waals surface area contributed by atoms with Crippen molar-refractivity contribution in [1.29, 1.82) is 0 Å². The molecule has 0 heterocycles. The van der Waals surface area contributed by atoms with Crippen molar-refractivity contribution in [3.63, 3.8) is 0 Å². The molecule has 1 aromatic carbocycles. The first-order valence-corrected chi connectivity index (χ1v) is 2.70. The minimum Gasteiger partial charge on any atom is -0.398 e. The zero-order valence-corrected chi connectivity index (χ0v) is 5.15. The lowest BCUT2D eigenvalue weighted by molar-refractivity contribution is 1.47. The average Bonchev–Trinajstić information content (AvgIpc) is 1.77. The zero-order chi connectivity index (χ0) is 5.98. The maximum absolute atomic E-state index is 5.42. The molecule has 1 radical (unpaired) electrons. The normalized spacial score (nSPS) is 9.12. The van der Waals surface area contributed by atoms with Crippen molar-refractivity contribution < 1.29 is 0 Å². The third-order valence-corrected chi connectivity index (χ3v) is 1.26. The number of nitrogen functional groups attached to an aromatic ring is 1. The molecule has 0 amide bonds. The molecule has 0 unspecified atom stereocenters. The van der Waals surface area contributed by atoms with E-state index < -0.39 is 0 Å². The fraction of sp³-hybridized carbons (Fsp3) is 0. The summed E-state index contributed by atoms with van der Waals surface area (Å²) >= 11 is 4.04. The molecule has 0 bridgehead atoms. The summed E-state index contributed by atoms with van der Waals surface area (Å²) in [5.74, 6) is 0. The first-order chi connectivity index (χ1) is 3.80. The lowest BCUT2D eigenvalue weighted by Gasteiger charge is -1.92. The molecule has 0 aliphatic rings. The van der Waals surface area contributed by atoms with Crippen LogP contribution in [-0.4, -0.2) is 0 Å². The van der Waals surface area contributed by atoms with Gasteiger partial charge in [-0.05, 0) is 18.2 Å². The average molecular weight is 124 g/mol. The highest BCUT2D eigenvalue weighted by molar-refractivity contribution is 7.80. The molecule has 1 nitrogen and oxygen atoms in total. The summed E-state index contributed by atoms with van der Waals surface area (Å²) in [5, 5.41) is 0. The van der Waals surface area contributed by atoms with Gasteiger partial charge in [-0.3, -0.25) is 0 Å². The minimum atomic E-state index is 0.701. The number of thiol groups is 1. The van der Waals surface area contributed by atoms with Gasteiger partial charge in [-0.2, -0.15) is 0 Å². The molecule has 0 saturated carbocycles. The van der Waals surface area contributed by atoms with Crippen LogP contribution >= 0.6 is 12.6 Å². The van der Waals surface area contributed by atoms with E-state index in [1.54, 1.807) is 18.2 Å². The molecular weight excluding hydrogens is 118 g/mol. The van der Waals surface area contributed by atoms with Gasteiger partial charge in [-0.15, -0.1) is 12.6 Å². The molecule has 0 aliphatic heterocycles. The number of anilines is 1. The van der Waals surface area contributed by atoms with Gasteiger partial charge in [0.2, 0.25) is 0 Å². The summed E-state index contributed by atoms with van der Waals surface area (Å²) in [6.45, 7) is 0. The molecule has 8 heavy (non-hydrogen) atoms. The zero-order valence-electron chi connectivity index (χ0n) is 4.26. The Morgan fingerprint density at radius 1 is 1.62 bits per heavy atom. The molecular formula is C6H6NS. The van der Waals surface area contributed by atoms with Gasteiger partial charge in [0.15, 0.2) is 0 Å². The topological polar surface area (TPSA) is 26.0 Å². The molecule has 41 valence electrons. The van der Waals surface area contributed by atoms with E-state index in [0.29, 0.717) is 5.69 Å². The van der Waals surface area contributed by atoms with Gasteiger partial charge in [-0.1, -0.05) is 6.07 Å². The standard InChI is InChI=1S/C6H6NS/c7-5-3-1-2-4-6(5)8/h1,3-4,8H,7H2. The second kappa shape index (κ2) is 2.09. The smallest absolute Gasteiger partial charge is 0.0450 e. The predicted molar refractivity (Wildman–Crippen MR) is 36.9 cm³/mol. The molecule has 0 aliphatic carbocycles. The van der Waals surface area contributed by atoms with Crippen LogP contribution in [0, 0.1) is 6.07 Å². The van der Waals surface area contributed by atoms with Gasteiger partial charge < -0.3 is 5.73 Å². The molecule has 1 rings (SSSR count). The van der Waals surface area contributed by atoms with Crippen molar-refractivity contribution in [2.45, 2.75) is 4.90 Å². The van der Waals surface area contributed by atoms with Crippen molar-refractivity contribution in [2.75, 3.05) is 5.73 Å². The number of benzene rings is 1. The monoisotopic (exact) mass is 124 g/mol. The Labute approximate surface area is 53.9 Å². The highest BCUT2D eigenvalue weighted by Gasteiger charge is 1.86. The Balaban J connectivity index is 3.13. The van der Waals surface area contributed by atoms with Crippen LogP contribution in [0.15, 0.2) is 23.1 Å². The maximum atomic E-state index is 5.42. The maximum Gasteiger partial charge on any atom is 0.0450 e. The van der Waals surface area contributed by atoms with Crippen LogP contribution in [0.4, 0.5) is 5.69 Å². The van der Waals surface area contributed by atoms with E-state index in [4.69, 9.17) is 5.73 Å². The highest BCUT2D eigenvalue weighted by Crippen LogP contribution is 2.12.